The Morgan fingerprint density at radius 2 is 1.50 bits per heavy atom. The first-order chi connectivity index (χ1) is 13.7. The second-order valence-corrected chi connectivity index (χ2v) is 8.86. The molecule has 5 heteroatoms. The number of carboxylic acid groups (broad SMARTS) is 1. The Bertz CT molecular complexity index is 611. The summed E-state index contributed by atoms with van der Waals surface area (Å²) >= 11 is 4.01. The van der Waals surface area contributed by atoms with Gasteiger partial charge in [0.2, 0.25) is 0 Å². The maximum Gasteiger partial charge on any atom is 0.290 e. The van der Waals surface area contributed by atoms with Gasteiger partial charge in [-0.3, -0.25) is 4.79 Å². The first-order valence-electron chi connectivity index (χ1n) is 9.81. The zero-order valence-electron chi connectivity index (χ0n) is 16.7. The number of thioether (sulfide) groups is 2. The van der Waals surface area contributed by atoms with E-state index in [1.807, 2.05) is 23.5 Å². The largest absolute Gasteiger partial charge is 0.483 e. The van der Waals surface area contributed by atoms with E-state index in [0.29, 0.717) is 5.25 Å². The topological polar surface area (TPSA) is 37.3 Å². The second kappa shape index (κ2) is 16.6. The van der Waals surface area contributed by atoms with Gasteiger partial charge in [-0.25, -0.2) is 0 Å². The maximum absolute atomic E-state index is 8.36. The molecule has 28 heavy (non-hydrogen) atoms. The summed E-state index contributed by atoms with van der Waals surface area (Å²) in [5.41, 5.74) is 2.79. The first kappa shape index (κ1) is 24.7. The molecule has 0 saturated carbocycles. The zero-order valence-corrected chi connectivity index (χ0v) is 18.3. The van der Waals surface area contributed by atoms with Crippen molar-refractivity contribution in [1.82, 2.24) is 0 Å². The lowest BCUT2D eigenvalue weighted by molar-refractivity contribution is -0.122. The zero-order chi connectivity index (χ0) is 20.5. The van der Waals surface area contributed by atoms with E-state index >= 15 is 0 Å². The molecule has 0 bridgehead atoms. The van der Waals surface area contributed by atoms with E-state index in [2.05, 4.69) is 67.6 Å². The van der Waals surface area contributed by atoms with Gasteiger partial charge in [0.1, 0.15) is 0 Å². The van der Waals surface area contributed by atoms with Crippen LogP contribution in [0.2, 0.25) is 5.82 Å². The summed E-state index contributed by atoms with van der Waals surface area (Å²) in [6.07, 6.45) is 5.11. The van der Waals surface area contributed by atoms with Crippen LogP contribution in [0, 0.1) is 0 Å². The molecule has 0 aromatic heterocycles. The van der Waals surface area contributed by atoms with Crippen molar-refractivity contribution in [3.8, 4) is 0 Å². The van der Waals surface area contributed by atoms with Crippen molar-refractivity contribution in [3.05, 3.63) is 71.8 Å². The van der Waals surface area contributed by atoms with Crippen LogP contribution in [0.1, 0.15) is 43.7 Å². The van der Waals surface area contributed by atoms with Crippen LogP contribution in [0.15, 0.2) is 60.7 Å². The van der Waals surface area contributed by atoms with E-state index in [9.17, 15) is 0 Å². The lowest BCUT2D eigenvalue weighted by atomic mass is 9.84. The quantitative estimate of drug-likeness (QED) is 0.246. The summed E-state index contributed by atoms with van der Waals surface area (Å²) in [7, 11) is 6.59. The van der Waals surface area contributed by atoms with Crippen LogP contribution < -0.4 is 0 Å². The predicted molar refractivity (Wildman–Crippen MR) is 126 cm³/mol. The molecule has 2 unspecified atom stereocenters. The van der Waals surface area contributed by atoms with E-state index in [0.717, 1.165) is 17.3 Å². The van der Waals surface area contributed by atoms with Crippen LogP contribution in [0.25, 0.3) is 0 Å². The molecular formula is C23H31BO2S2. The van der Waals surface area contributed by atoms with Crippen molar-refractivity contribution in [2.24, 2.45) is 0 Å². The molecule has 0 aliphatic rings. The summed E-state index contributed by atoms with van der Waals surface area (Å²) in [6, 6.07) is 21.4. The average molecular weight is 414 g/mol. The van der Waals surface area contributed by atoms with Gasteiger partial charge in [-0.05, 0) is 23.3 Å². The molecule has 2 rings (SSSR count). The number of benzene rings is 2. The van der Waals surface area contributed by atoms with Crippen molar-refractivity contribution >= 4 is 37.8 Å². The third kappa shape index (κ3) is 11.5. The molecule has 2 aromatic rings. The van der Waals surface area contributed by atoms with Crippen LogP contribution >= 0.6 is 23.5 Å². The lowest BCUT2D eigenvalue weighted by Crippen LogP contribution is -2.15. The number of unbranched alkanes of at least 4 members (excludes halogenated alkanes) is 2. The Hall–Kier alpha value is -1.33. The molecule has 2 atom stereocenters. The molecule has 1 N–H and O–H groups in total. The number of hydrogen-bond donors (Lipinski definition) is 1. The first-order valence-corrected chi connectivity index (χ1v) is 12.0. The molecule has 150 valence electrons. The van der Waals surface area contributed by atoms with Crippen molar-refractivity contribution in [2.45, 2.75) is 55.2 Å². The van der Waals surface area contributed by atoms with E-state index in [1.165, 1.54) is 36.8 Å². The third-order valence-corrected chi connectivity index (χ3v) is 6.97. The third-order valence-electron chi connectivity index (χ3n) is 4.30. The van der Waals surface area contributed by atoms with Gasteiger partial charge in [0, 0.05) is 16.8 Å². The lowest BCUT2D eigenvalue weighted by Gasteiger charge is -2.24. The van der Waals surface area contributed by atoms with E-state index in [1.54, 1.807) is 0 Å². The summed E-state index contributed by atoms with van der Waals surface area (Å²) in [6.45, 7) is 2.02. The van der Waals surface area contributed by atoms with Crippen molar-refractivity contribution in [1.29, 1.82) is 0 Å². The summed E-state index contributed by atoms with van der Waals surface area (Å²) in [5.74, 6) is 3.42. The molecular weight excluding hydrogens is 383 g/mol. The minimum absolute atomic E-state index is 0.250. The molecule has 2 aromatic carbocycles. The van der Waals surface area contributed by atoms with Crippen LogP contribution in [0.3, 0.4) is 0 Å². The van der Waals surface area contributed by atoms with Crippen LogP contribution in [0.5, 0.6) is 0 Å². The van der Waals surface area contributed by atoms with Gasteiger partial charge in [0.05, 0.1) is 7.85 Å². The fraction of sp³-hybridized carbons (Fsp3) is 0.435. The highest BCUT2D eigenvalue weighted by molar-refractivity contribution is 7.99. The highest BCUT2D eigenvalue weighted by Gasteiger charge is 2.17. The Labute approximate surface area is 180 Å². The van der Waals surface area contributed by atoms with Crippen LogP contribution in [0.4, 0.5) is 0 Å². The molecule has 0 heterocycles. The fourth-order valence-electron chi connectivity index (χ4n) is 2.79. The van der Waals surface area contributed by atoms with Crippen molar-refractivity contribution in [2.75, 3.05) is 5.75 Å². The standard InChI is InChI=1S/C22H29BS2.CH2O2/c1-2-3-6-15-22(25-17-20-13-9-5-10-14-20)21(23)18-24-16-19-11-7-4-8-12-19;2-1-3/h4-5,7-14,21-22H,2-3,6,15-18H2,1H3;1H,(H,2,3). The van der Waals surface area contributed by atoms with Crippen molar-refractivity contribution < 1.29 is 9.90 Å². The maximum atomic E-state index is 8.36. The Kier molecular flexibility index (Phi) is 14.7. The predicted octanol–water partition coefficient (Wildman–Crippen LogP) is 6.46. The number of carbonyl (C=O) groups is 1. The molecule has 0 fully saturated rings. The summed E-state index contributed by atoms with van der Waals surface area (Å²) in [4.78, 5) is 8.36. The Morgan fingerprint density at radius 1 is 0.964 bits per heavy atom. The Balaban J connectivity index is 0.00000122. The smallest absolute Gasteiger partial charge is 0.290 e. The van der Waals surface area contributed by atoms with Gasteiger partial charge in [0.25, 0.3) is 6.47 Å². The Morgan fingerprint density at radius 3 is 2.04 bits per heavy atom. The monoisotopic (exact) mass is 414 g/mol. The normalized spacial score (nSPS) is 12.5. The average Bonchev–Trinajstić information content (AvgIpc) is 2.72. The van der Waals surface area contributed by atoms with Gasteiger partial charge in [0.15, 0.2) is 0 Å². The van der Waals surface area contributed by atoms with Gasteiger partial charge in [-0.2, -0.15) is 23.5 Å². The molecule has 0 saturated heterocycles. The minimum atomic E-state index is -0.250. The number of hydrogen-bond acceptors (Lipinski definition) is 3. The highest BCUT2D eigenvalue weighted by atomic mass is 32.2. The summed E-state index contributed by atoms with van der Waals surface area (Å²) in [5, 5.41) is 7.44. The highest BCUT2D eigenvalue weighted by Crippen LogP contribution is 2.32. The van der Waals surface area contributed by atoms with E-state index < -0.39 is 0 Å². The van der Waals surface area contributed by atoms with Crippen molar-refractivity contribution in [3.63, 3.8) is 0 Å². The number of rotatable bonds is 12. The molecule has 0 aliphatic carbocycles. The van der Waals surface area contributed by atoms with Gasteiger partial charge >= 0.3 is 0 Å². The van der Waals surface area contributed by atoms with E-state index in [4.69, 9.17) is 17.7 Å². The summed E-state index contributed by atoms with van der Waals surface area (Å²) < 4.78 is 0. The molecule has 0 aliphatic heterocycles. The van der Waals surface area contributed by atoms with Gasteiger partial charge in [-0.1, -0.05) is 92.7 Å². The minimum Gasteiger partial charge on any atom is -0.483 e. The molecule has 0 amide bonds. The fourth-order valence-corrected chi connectivity index (χ4v) is 5.24. The van der Waals surface area contributed by atoms with E-state index in [-0.39, 0.29) is 12.3 Å². The van der Waals surface area contributed by atoms with Crippen LogP contribution in [-0.2, 0) is 16.3 Å². The van der Waals surface area contributed by atoms with Gasteiger partial charge < -0.3 is 5.11 Å². The molecule has 2 nitrogen and oxygen atoms in total. The molecule has 0 spiro atoms. The van der Waals surface area contributed by atoms with Gasteiger partial charge in [-0.15, -0.1) is 0 Å². The van der Waals surface area contributed by atoms with Crippen LogP contribution in [-0.4, -0.2) is 30.4 Å². The molecule has 2 radical (unpaired) electrons. The SMILES string of the molecule is O=CO.[B]C(CSCc1ccccc1)C(CCCCC)SCc1ccccc1. The second-order valence-electron chi connectivity index (χ2n) is 6.60.